The van der Waals surface area contributed by atoms with Crippen LogP contribution in [0.15, 0.2) is 70.2 Å². The third kappa shape index (κ3) is 5.81. The lowest BCUT2D eigenvalue weighted by Gasteiger charge is -2.13. The number of halogens is 2. The number of nitrogens with zero attached hydrogens (tertiary/aromatic N) is 2. The van der Waals surface area contributed by atoms with E-state index in [1.807, 2.05) is 0 Å². The molecule has 3 aromatic carbocycles. The Hall–Kier alpha value is -3.83. The summed E-state index contributed by atoms with van der Waals surface area (Å²) in [7, 11) is 1.50. The molecule has 1 amide bonds. The van der Waals surface area contributed by atoms with Gasteiger partial charge in [-0.05, 0) is 63.5 Å². The van der Waals surface area contributed by atoms with Gasteiger partial charge in [0.25, 0.3) is 11.6 Å². The van der Waals surface area contributed by atoms with Gasteiger partial charge in [0.2, 0.25) is 0 Å². The van der Waals surface area contributed by atoms with Gasteiger partial charge in [0.05, 0.1) is 27.6 Å². The van der Waals surface area contributed by atoms with Gasteiger partial charge in [-0.15, -0.1) is 11.3 Å². The number of fused-ring (bicyclic) bond motifs is 1. The van der Waals surface area contributed by atoms with Crippen molar-refractivity contribution in [1.29, 1.82) is 0 Å². The van der Waals surface area contributed by atoms with Crippen molar-refractivity contribution in [3.8, 4) is 11.5 Å². The van der Waals surface area contributed by atoms with Crippen molar-refractivity contribution in [3.05, 3.63) is 97.1 Å². The average Bonchev–Trinajstić information content (AvgIpc) is 3.27. The van der Waals surface area contributed by atoms with Gasteiger partial charge in [-0.25, -0.2) is 9.82 Å². The first kappa shape index (κ1) is 24.3. The molecule has 11 heteroatoms. The van der Waals surface area contributed by atoms with Crippen LogP contribution in [0, 0.1) is 15.9 Å². The van der Waals surface area contributed by atoms with Gasteiger partial charge in [-0.3, -0.25) is 14.9 Å². The molecular weight excluding hydrogens is 541 g/mol. The van der Waals surface area contributed by atoms with Crippen LogP contribution < -0.4 is 14.9 Å². The number of methoxy groups -OCH3 is 1. The predicted octanol–water partition coefficient (Wildman–Crippen LogP) is 6.06. The third-order valence-corrected chi connectivity index (χ3v) is 6.57. The number of hydrogen-bond acceptors (Lipinski definition) is 7. The molecule has 0 atom stereocenters. The number of nitro groups is 1. The molecule has 0 spiro atoms. The first-order valence-electron chi connectivity index (χ1n) is 10.1. The second-order valence-electron chi connectivity index (χ2n) is 7.24. The number of rotatable bonds is 8. The van der Waals surface area contributed by atoms with Gasteiger partial charge in [0, 0.05) is 22.2 Å². The summed E-state index contributed by atoms with van der Waals surface area (Å²) in [4.78, 5) is 23.3. The van der Waals surface area contributed by atoms with Crippen molar-refractivity contribution in [2.75, 3.05) is 7.11 Å². The Kier molecular flexibility index (Phi) is 7.37. The lowest BCUT2D eigenvalue weighted by Crippen LogP contribution is -2.16. The summed E-state index contributed by atoms with van der Waals surface area (Å²) in [5.41, 5.74) is 3.85. The Morgan fingerprint density at radius 1 is 1.20 bits per heavy atom. The van der Waals surface area contributed by atoms with Crippen LogP contribution in [0.4, 0.5) is 10.1 Å². The molecule has 35 heavy (non-hydrogen) atoms. The number of thiophene rings is 1. The molecule has 0 aliphatic heterocycles. The standard InChI is InChI=1S/C24H17BrFN3O5S/c1-33-20-9-15(8-19(25)23(20)34-13-14-2-4-17(26)5-3-14)12-27-28-24(30)22-11-16-10-18(29(31)32)6-7-21(16)35-22/h2-12H,13H2,1H3,(H,28,30)/b27-12-. The first-order chi connectivity index (χ1) is 16.8. The fourth-order valence-electron chi connectivity index (χ4n) is 3.17. The number of hydrazone groups is 1. The van der Waals surface area contributed by atoms with Crippen molar-refractivity contribution in [2.24, 2.45) is 5.10 Å². The predicted molar refractivity (Wildman–Crippen MR) is 135 cm³/mol. The van der Waals surface area contributed by atoms with Crippen LogP contribution in [0.3, 0.4) is 0 Å². The molecule has 0 unspecified atom stereocenters. The summed E-state index contributed by atoms with van der Waals surface area (Å²) in [6.07, 6.45) is 1.45. The SMILES string of the molecule is COc1cc(/C=N\NC(=O)c2cc3cc([N+](=O)[O-])ccc3s2)cc(Br)c1OCc1ccc(F)cc1. The average molecular weight is 558 g/mol. The zero-order valence-electron chi connectivity index (χ0n) is 18.2. The van der Waals surface area contributed by atoms with Crippen LogP contribution in [0.1, 0.15) is 20.8 Å². The van der Waals surface area contributed by atoms with Crippen molar-refractivity contribution >= 4 is 55.2 Å². The summed E-state index contributed by atoms with van der Waals surface area (Å²) in [5, 5.41) is 15.6. The van der Waals surface area contributed by atoms with E-state index in [4.69, 9.17) is 9.47 Å². The number of non-ortho nitro benzene ring substituents is 1. The topological polar surface area (TPSA) is 103 Å². The molecule has 0 aliphatic rings. The smallest absolute Gasteiger partial charge is 0.281 e. The van der Waals surface area contributed by atoms with Gasteiger partial charge < -0.3 is 9.47 Å². The second kappa shape index (κ2) is 10.6. The maximum absolute atomic E-state index is 13.1. The van der Waals surface area contributed by atoms with Crippen LogP contribution in [0.5, 0.6) is 11.5 Å². The van der Waals surface area contributed by atoms with Gasteiger partial charge >= 0.3 is 0 Å². The highest BCUT2D eigenvalue weighted by Gasteiger charge is 2.14. The number of hydrogen-bond donors (Lipinski definition) is 1. The van der Waals surface area contributed by atoms with Crippen LogP contribution in [0.2, 0.25) is 0 Å². The van der Waals surface area contributed by atoms with E-state index >= 15 is 0 Å². The minimum Gasteiger partial charge on any atom is -0.493 e. The molecule has 178 valence electrons. The molecule has 0 saturated carbocycles. The highest BCUT2D eigenvalue weighted by atomic mass is 79.9. The monoisotopic (exact) mass is 557 g/mol. The number of ether oxygens (including phenoxy) is 2. The molecular formula is C24H17BrFN3O5S. The Labute approximate surface area is 211 Å². The number of benzene rings is 3. The highest BCUT2D eigenvalue weighted by molar-refractivity contribution is 9.10. The van der Waals surface area contributed by atoms with E-state index in [2.05, 4.69) is 26.5 Å². The van der Waals surface area contributed by atoms with E-state index in [0.29, 0.717) is 31.8 Å². The molecule has 8 nitrogen and oxygen atoms in total. The summed E-state index contributed by atoms with van der Waals surface area (Å²) in [5.74, 6) is 0.160. The summed E-state index contributed by atoms with van der Waals surface area (Å²) in [6, 6.07) is 15.5. The number of carbonyl (C=O) groups excluding carboxylic acids is 1. The molecule has 0 saturated heterocycles. The Morgan fingerprint density at radius 2 is 1.97 bits per heavy atom. The molecule has 4 aromatic rings. The van der Waals surface area contributed by atoms with Crippen LogP contribution in [-0.2, 0) is 6.61 Å². The van der Waals surface area contributed by atoms with E-state index in [9.17, 15) is 19.3 Å². The molecule has 1 heterocycles. The van der Waals surface area contributed by atoms with E-state index in [1.54, 1.807) is 36.4 Å². The number of amides is 1. The van der Waals surface area contributed by atoms with Gasteiger partial charge in [-0.1, -0.05) is 12.1 Å². The Bertz CT molecular complexity index is 1440. The Morgan fingerprint density at radius 3 is 2.69 bits per heavy atom. The normalized spacial score (nSPS) is 11.1. The zero-order chi connectivity index (χ0) is 24.9. The van der Waals surface area contributed by atoms with Crippen molar-refractivity contribution in [3.63, 3.8) is 0 Å². The quantitative estimate of drug-likeness (QED) is 0.161. The summed E-state index contributed by atoms with van der Waals surface area (Å²) >= 11 is 4.67. The fraction of sp³-hybridized carbons (Fsp3) is 0.0833. The number of nitro benzene ring substituents is 1. The molecule has 0 aliphatic carbocycles. The van der Waals surface area contributed by atoms with Crippen LogP contribution >= 0.6 is 27.3 Å². The van der Waals surface area contributed by atoms with Crippen LogP contribution in [-0.4, -0.2) is 24.2 Å². The molecule has 0 bridgehead atoms. The lowest BCUT2D eigenvalue weighted by atomic mass is 10.2. The third-order valence-electron chi connectivity index (χ3n) is 4.86. The van der Waals surface area contributed by atoms with E-state index in [0.717, 1.165) is 10.3 Å². The minimum absolute atomic E-state index is 0.0371. The van der Waals surface area contributed by atoms with Gasteiger partial charge in [0.15, 0.2) is 11.5 Å². The van der Waals surface area contributed by atoms with Crippen molar-refractivity contribution < 1.29 is 23.6 Å². The van der Waals surface area contributed by atoms with E-state index < -0.39 is 10.8 Å². The number of carbonyl (C=O) groups is 1. The maximum Gasteiger partial charge on any atom is 0.281 e. The van der Waals surface area contributed by atoms with Gasteiger partial charge in [0.1, 0.15) is 12.4 Å². The molecule has 0 fully saturated rings. The highest BCUT2D eigenvalue weighted by Crippen LogP contribution is 2.37. The fourth-order valence-corrected chi connectivity index (χ4v) is 4.67. The molecule has 0 radical (unpaired) electrons. The summed E-state index contributed by atoms with van der Waals surface area (Å²) in [6.45, 7) is 0.219. The van der Waals surface area contributed by atoms with Crippen molar-refractivity contribution in [1.82, 2.24) is 5.43 Å². The first-order valence-corrected chi connectivity index (χ1v) is 11.7. The van der Waals surface area contributed by atoms with Crippen LogP contribution in [0.25, 0.3) is 10.1 Å². The zero-order valence-corrected chi connectivity index (χ0v) is 20.6. The molecule has 1 N–H and O–H groups in total. The lowest BCUT2D eigenvalue weighted by molar-refractivity contribution is -0.384. The molecule has 1 aromatic heterocycles. The minimum atomic E-state index is -0.480. The second-order valence-corrected chi connectivity index (χ2v) is 9.18. The van der Waals surface area contributed by atoms with E-state index in [1.165, 1.54) is 48.9 Å². The number of nitrogens with one attached hydrogen (secondary N) is 1. The van der Waals surface area contributed by atoms with Crippen molar-refractivity contribution in [2.45, 2.75) is 6.61 Å². The Balaban J connectivity index is 1.44. The maximum atomic E-state index is 13.1. The molecule has 4 rings (SSSR count). The largest absolute Gasteiger partial charge is 0.493 e. The van der Waals surface area contributed by atoms with Gasteiger partial charge in [-0.2, -0.15) is 5.10 Å². The summed E-state index contributed by atoms with van der Waals surface area (Å²) < 4.78 is 25.7. The van der Waals surface area contributed by atoms with E-state index in [-0.39, 0.29) is 18.1 Å².